The van der Waals surface area contributed by atoms with E-state index in [0.29, 0.717) is 53.5 Å². The summed E-state index contributed by atoms with van der Waals surface area (Å²) in [5.74, 6) is 0.632. The lowest BCUT2D eigenvalue weighted by atomic mass is 10.0. The predicted molar refractivity (Wildman–Crippen MR) is 127 cm³/mol. The molecule has 1 aliphatic heterocycles. The number of rotatable bonds is 4. The lowest BCUT2D eigenvalue weighted by Gasteiger charge is -2.31. The molecule has 0 saturated carbocycles. The van der Waals surface area contributed by atoms with Gasteiger partial charge >= 0.3 is 0 Å². The number of hydrogen-bond acceptors (Lipinski definition) is 7. The largest absolute Gasteiger partial charge is 0.452 e. The van der Waals surface area contributed by atoms with Crippen molar-refractivity contribution in [1.29, 1.82) is 0 Å². The maximum absolute atomic E-state index is 12.8. The van der Waals surface area contributed by atoms with Crippen LogP contribution in [0.4, 0.5) is 0 Å². The molecule has 1 atom stereocenters. The molecule has 4 heterocycles. The fourth-order valence-corrected chi connectivity index (χ4v) is 4.08. The van der Waals surface area contributed by atoms with Crippen molar-refractivity contribution in [2.75, 3.05) is 19.7 Å². The van der Waals surface area contributed by atoms with Gasteiger partial charge in [0.05, 0.1) is 18.4 Å². The zero-order valence-corrected chi connectivity index (χ0v) is 19.4. The van der Waals surface area contributed by atoms with Gasteiger partial charge in [0.15, 0.2) is 5.58 Å². The second-order valence-corrected chi connectivity index (χ2v) is 9.05. The van der Waals surface area contributed by atoms with Gasteiger partial charge in [-0.05, 0) is 45.0 Å². The lowest BCUT2D eigenvalue weighted by molar-refractivity contribution is -0.0124. The van der Waals surface area contributed by atoms with Gasteiger partial charge in [-0.1, -0.05) is 12.1 Å². The molecule has 0 bridgehead atoms. The van der Waals surface area contributed by atoms with Gasteiger partial charge in [-0.2, -0.15) is 0 Å². The minimum atomic E-state index is -1.07. The number of hydrogen-bond donors (Lipinski definition) is 1. The molecule has 0 radical (unpaired) electrons. The van der Waals surface area contributed by atoms with E-state index >= 15 is 0 Å². The van der Waals surface area contributed by atoms with E-state index in [4.69, 9.17) is 9.15 Å². The lowest BCUT2D eigenvalue weighted by Crippen LogP contribution is -2.44. The van der Waals surface area contributed by atoms with Crippen molar-refractivity contribution >= 4 is 17.0 Å². The van der Waals surface area contributed by atoms with E-state index in [0.717, 1.165) is 11.1 Å². The van der Waals surface area contributed by atoms with E-state index in [1.807, 2.05) is 48.2 Å². The van der Waals surface area contributed by atoms with Gasteiger partial charge in [0.25, 0.3) is 5.91 Å². The van der Waals surface area contributed by atoms with E-state index in [9.17, 15) is 9.90 Å². The van der Waals surface area contributed by atoms with Crippen LogP contribution in [0.3, 0.4) is 0 Å². The Labute approximate surface area is 197 Å². The number of pyridine rings is 1. The van der Waals surface area contributed by atoms with Crippen LogP contribution in [0, 0.1) is 0 Å². The van der Waals surface area contributed by atoms with Crippen molar-refractivity contribution in [2.45, 2.75) is 32.5 Å². The SMILES string of the molecule is C[C@H]1CN(C(=O)c2ccc(-c3cc4ncnc(-c5ccnc(C(C)(C)O)c5)c4o3)cc2)CCO1. The Hall–Kier alpha value is -3.62. The van der Waals surface area contributed by atoms with E-state index in [2.05, 4.69) is 15.0 Å². The van der Waals surface area contributed by atoms with Crippen LogP contribution in [0.1, 0.15) is 36.8 Å². The summed E-state index contributed by atoms with van der Waals surface area (Å²) in [6.07, 6.45) is 3.18. The molecule has 0 aliphatic carbocycles. The number of furan rings is 1. The van der Waals surface area contributed by atoms with Crippen LogP contribution < -0.4 is 0 Å². The quantitative estimate of drug-likeness (QED) is 0.492. The van der Waals surface area contributed by atoms with E-state index in [-0.39, 0.29) is 12.0 Å². The van der Waals surface area contributed by atoms with Crippen molar-refractivity contribution in [3.63, 3.8) is 0 Å². The maximum atomic E-state index is 12.8. The van der Waals surface area contributed by atoms with Crippen molar-refractivity contribution in [3.05, 3.63) is 66.2 Å². The van der Waals surface area contributed by atoms with Crippen LogP contribution in [-0.2, 0) is 10.3 Å². The van der Waals surface area contributed by atoms with Gasteiger partial charge in [0.1, 0.15) is 28.9 Å². The summed E-state index contributed by atoms with van der Waals surface area (Å²) in [5, 5.41) is 10.3. The summed E-state index contributed by atoms with van der Waals surface area (Å²) in [7, 11) is 0. The molecule has 4 aromatic rings. The van der Waals surface area contributed by atoms with E-state index in [1.54, 1.807) is 26.1 Å². The number of carbonyl (C=O) groups excluding carboxylic acids is 1. The molecule has 0 spiro atoms. The molecule has 1 aliphatic rings. The minimum Gasteiger partial charge on any atom is -0.452 e. The third-order valence-electron chi connectivity index (χ3n) is 5.92. The second-order valence-electron chi connectivity index (χ2n) is 9.05. The summed E-state index contributed by atoms with van der Waals surface area (Å²) in [6, 6.07) is 12.9. The molecule has 8 heteroatoms. The van der Waals surface area contributed by atoms with Crippen LogP contribution in [0.15, 0.2) is 59.4 Å². The number of ether oxygens (including phenoxy) is 1. The van der Waals surface area contributed by atoms with Crippen LogP contribution in [-0.4, -0.2) is 56.7 Å². The Balaban J connectivity index is 1.45. The Kier molecular flexibility index (Phi) is 5.63. The molecule has 1 N–H and O–H groups in total. The first-order valence-corrected chi connectivity index (χ1v) is 11.2. The zero-order valence-electron chi connectivity index (χ0n) is 19.4. The molecule has 5 rings (SSSR count). The Morgan fingerprint density at radius 3 is 2.62 bits per heavy atom. The molecule has 1 saturated heterocycles. The maximum Gasteiger partial charge on any atom is 0.254 e. The minimum absolute atomic E-state index is 0.000224. The average Bonchev–Trinajstić information content (AvgIpc) is 3.28. The number of benzene rings is 1. The van der Waals surface area contributed by atoms with E-state index in [1.165, 1.54) is 6.33 Å². The molecule has 8 nitrogen and oxygen atoms in total. The van der Waals surface area contributed by atoms with Crippen molar-refractivity contribution in [2.24, 2.45) is 0 Å². The molecule has 3 aromatic heterocycles. The Morgan fingerprint density at radius 1 is 1.09 bits per heavy atom. The summed E-state index contributed by atoms with van der Waals surface area (Å²) in [4.78, 5) is 27.7. The third kappa shape index (κ3) is 4.30. The smallest absolute Gasteiger partial charge is 0.254 e. The summed E-state index contributed by atoms with van der Waals surface area (Å²) in [6.45, 7) is 7.10. The van der Waals surface area contributed by atoms with Crippen LogP contribution in [0.2, 0.25) is 0 Å². The molecule has 1 fully saturated rings. The first-order chi connectivity index (χ1) is 16.3. The normalized spacial score (nSPS) is 16.7. The highest BCUT2D eigenvalue weighted by Gasteiger charge is 2.23. The molecule has 0 unspecified atom stereocenters. The number of fused-ring (bicyclic) bond motifs is 1. The Morgan fingerprint density at radius 2 is 1.88 bits per heavy atom. The molecule has 174 valence electrons. The van der Waals surface area contributed by atoms with E-state index < -0.39 is 5.60 Å². The van der Waals surface area contributed by atoms with Gasteiger partial charge in [0, 0.05) is 42.0 Å². The number of aliphatic hydroxyl groups is 1. The summed E-state index contributed by atoms with van der Waals surface area (Å²) >= 11 is 0. The third-order valence-corrected chi connectivity index (χ3v) is 5.92. The first kappa shape index (κ1) is 22.2. The van der Waals surface area contributed by atoms with Crippen molar-refractivity contribution < 1.29 is 19.1 Å². The summed E-state index contributed by atoms with van der Waals surface area (Å²) < 4.78 is 11.7. The number of morpholine rings is 1. The topological polar surface area (TPSA) is 102 Å². The number of amides is 1. The molecular weight excluding hydrogens is 432 g/mol. The van der Waals surface area contributed by atoms with Crippen molar-refractivity contribution in [1.82, 2.24) is 19.9 Å². The fourth-order valence-electron chi connectivity index (χ4n) is 4.08. The number of carbonyl (C=O) groups is 1. The average molecular weight is 459 g/mol. The number of aromatic nitrogens is 3. The predicted octanol–water partition coefficient (Wildman–Crippen LogP) is 4.04. The van der Waals surface area contributed by atoms with Crippen LogP contribution in [0.5, 0.6) is 0 Å². The van der Waals surface area contributed by atoms with Crippen molar-refractivity contribution in [3.8, 4) is 22.6 Å². The highest BCUT2D eigenvalue weighted by molar-refractivity contribution is 5.95. The van der Waals surface area contributed by atoms with Gasteiger partial charge < -0.3 is 19.2 Å². The highest BCUT2D eigenvalue weighted by atomic mass is 16.5. The zero-order chi connectivity index (χ0) is 23.9. The van der Waals surface area contributed by atoms with Crippen LogP contribution in [0.25, 0.3) is 33.7 Å². The van der Waals surface area contributed by atoms with Gasteiger partial charge in [-0.3, -0.25) is 9.78 Å². The standard InChI is InChI=1S/C26H26N4O4/c1-16-14-30(10-11-33-16)25(31)18-6-4-17(5-7-18)21-13-20-24(34-21)23(29-15-28-20)19-8-9-27-22(12-19)26(2,3)32/h4-9,12-13,15-16,32H,10-11,14H2,1-3H3/t16-/m0/s1. The molecular formula is C26H26N4O4. The Bertz CT molecular complexity index is 1340. The molecule has 1 aromatic carbocycles. The van der Waals surface area contributed by atoms with Gasteiger partial charge in [0.2, 0.25) is 0 Å². The molecule has 34 heavy (non-hydrogen) atoms. The molecule has 1 amide bonds. The van der Waals surface area contributed by atoms with Gasteiger partial charge in [-0.15, -0.1) is 0 Å². The first-order valence-electron chi connectivity index (χ1n) is 11.2. The monoisotopic (exact) mass is 458 g/mol. The number of nitrogens with zero attached hydrogens (tertiary/aromatic N) is 4. The van der Waals surface area contributed by atoms with Gasteiger partial charge in [-0.25, -0.2) is 9.97 Å². The summed E-state index contributed by atoms with van der Waals surface area (Å²) in [5.41, 5.74) is 3.55. The van der Waals surface area contributed by atoms with Crippen LogP contribution >= 0.6 is 0 Å². The second kappa shape index (κ2) is 8.62. The highest BCUT2D eigenvalue weighted by Crippen LogP contribution is 2.33. The fraction of sp³-hybridized carbons (Fsp3) is 0.308.